The highest BCUT2D eigenvalue weighted by molar-refractivity contribution is 7.98. The minimum atomic E-state index is -2.36. The maximum atomic E-state index is 13.7. The summed E-state index contributed by atoms with van der Waals surface area (Å²) in [7, 11) is -0.850. The second-order valence-corrected chi connectivity index (χ2v) is 18.3. The van der Waals surface area contributed by atoms with Crippen LogP contribution in [0.1, 0.15) is 70.0 Å². The van der Waals surface area contributed by atoms with Crippen molar-refractivity contribution in [1.29, 1.82) is 0 Å². The van der Waals surface area contributed by atoms with E-state index in [1.165, 1.54) is 18.9 Å². The smallest absolute Gasteiger partial charge is 0.408 e. The van der Waals surface area contributed by atoms with Gasteiger partial charge in [0.05, 0.1) is 19.3 Å². The van der Waals surface area contributed by atoms with Gasteiger partial charge in [0.2, 0.25) is 14.2 Å². The summed E-state index contributed by atoms with van der Waals surface area (Å²) in [6.45, 7) is 18.6. The third-order valence-electron chi connectivity index (χ3n) is 7.01. The first kappa shape index (κ1) is 35.3. The van der Waals surface area contributed by atoms with E-state index in [0.717, 1.165) is 0 Å². The van der Waals surface area contributed by atoms with Crippen molar-refractivity contribution in [2.75, 3.05) is 26.1 Å². The van der Waals surface area contributed by atoms with Crippen LogP contribution in [0.3, 0.4) is 0 Å². The Hall–Kier alpha value is -2.93. The van der Waals surface area contributed by atoms with Crippen molar-refractivity contribution in [3.05, 3.63) is 22.8 Å². The maximum absolute atomic E-state index is 13.7. The highest BCUT2D eigenvalue weighted by Crippen LogP contribution is 2.42. The molecule has 0 spiro atoms. The van der Waals surface area contributed by atoms with Gasteiger partial charge in [-0.25, -0.2) is 14.4 Å². The summed E-state index contributed by atoms with van der Waals surface area (Å²) in [6.07, 6.45) is -0.879. The SMILES string of the molecule is CCOC(=O)[C@@H]1CSCc2c(O[Si](C)(C)C(C)(C)C)cc(OC)c(C)c2C(=O)OC[C@H](NC(=O)OC(C)(C)C)C(=O)N1. The molecule has 0 aromatic heterocycles. The van der Waals surface area contributed by atoms with Crippen LogP contribution in [0.2, 0.25) is 18.1 Å². The van der Waals surface area contributed by atoms with Gasteiger partial charge in [-0.2, -0.15) is 11.8 Å². The highest BCUT2D eigenvalue weighted by Gasteiger charge is 2.40. The largest absolute Gasteiger partial charge is 0.543 e. The minimum absolute atomic E-state index is 0.124. The molecule has 0 bridgehead atoms. The Kier molecular flexibility index (Phi) is 11.8. The highest BCUT2D eigenvalue weighted by atomic mass is 32.2. The molecule has 1 heterocycles. The number of alkyl carbamates (subject to hydrolysis) is 1. The van der Waals surface area contributed by atoms with Crippen LogP contribution in [0.25, 0.3) is 0 Å². The van der Waals surface area contributed by atoms with Crippen LogP contribution in [-0.2, 0) is 29.6 Å². The molecule has 0 unspecified atom stereocenters. The number of amides is 2. The minimum Gasteiger partial charge on any atom is -0.543 e. The number of thioether (sulfide) groups is 1. The van der Waals surface area contributed by atoms with Crippen molar-refractivity contribution in [3.8, 4) is 11.5 Å². The van der Waals surface area contributed by atoms with Crippen molar-refractivity contribution < 1.29 is 42.6 Å². The molecule has 11 nitrogen and oxygen atoms in total. The number of rotatable bonds is 6. The summed E-state index contributed by atoms with van der Waals surface area (Å²) < 4.78 is 28.4. The van der Waals surface area contributed by atoms with Gasteiger partial charge in [-0.05, 0) is 52.8 Å². The van der Waals surface area contributed by atoms with E-state index in [9.17, 15) is 19.2 Å². The third kappa shape index (κ3) is 9.28. The quantitative estimate of drug-likeness (QED) is 0.259. The first-order chi connectivity index (χ1) is 19.3. The lowest BCUT2D eigenvalue weighted by atomic mass is 10.0. The van der Waals surface area contributed by atoms with Crippen molar-refractivity contribution in [2.24, 2.45) is 0 Å². The van der Waals surface area contributed by atoms with E-state index in [4.69, 9.17) is 23.4 Å². The first-order valence-electron chi connectivity index (χ1n) is 13.9. The summed E-state index contributed by atoms with van der Waals surface area (Å²) in [5.41, 5.74) is 0.556. The molecule has 2 atom stereocenters. The zero-order valence-electron chi connectivity index (χ0n) is 26.6. The number of hydrogen-bond acceptors (Lipinski definition) is 10. The van der Waals surface area contributed by atoms with E-state index in [1.54, 1.807) is 40.7 Å². The van der Waals surface area contributed by atoms with Crippen LogP contribution in [0.15, 0.2) is 6.07 Å². The lowest BCUT2D eigenvalue weighted by Crippen LogP contribution is -2.55. The zero-order chi connectivity index (χ0) is 32.0. The van der Waals surface area contributed by atoms with Crippen LogP contribution >= 0.6 is 11.8 Å². The van der Waals surface area contributed by atoms with Gasteiger partial charge in [0.1, 0.15) is 35.8 Å². The monoisotopic (exact) mass is 626 g/mol. The number of carbonyl (C=O) groups excluding carboxylic acids is 4. The second-order valence-electron chi connectivity index (χ2n) is 12.5. The predicted molar refractivity (Wildman–Crippen MR) is 164 cm³/mol. The van der Waals surface area contributed by atoms with Crippen LogP contribution in [0.5, 0.6) is 11.5 Å². The lowest BCUT2D eigenvalue weighted by Gasteiger charge is -2.37. The molecule has 42 heavy (non-hydrogen) atoms. The molecule has 2 N–H and O–H groups in total. The number of ether oxygens (including phenoxy) is 4. The van der Waals surface area contributed by atoms with Crippen molar-refractivity contribution >= 4 is 44.0 Å². The Bertz CT molecular complexity index is 1180. The number of methoxy groups -OCH3 is 1. The van der Waals surface area contributed by atoms with Gasteiger partial charge in [0.15, 0.2) is 0 Å². The van der Waals surface area contributed by atoms with Crippen LogP contribution in [0, 0.1) is 6.92 Å². The van der Waals surface area contributed by atoms with E-state index in [2.05, 4.69) is 44.5 Å². The first-order valence-corrected chi connectivity index (χ1v) is 18.0. The van der Waals surface area contributed by atoms with Gasteiger partial charge < -0.3 is 34.0 Å². The number of hydrogen-bond donors (Lipinski definition) is 2. The predicted octanol–water partition coefficient (Wildman–Crippen LogP) is 4.73. The Morgan fingerprint density at radius 1 is 1.14 bits per heavy atom. The number of esters is 2. The Balaban J connectivity index is 2.63. The fourth-order valence-corrected chi connectivity index (χ4v) is 5.87. The van der Waals surface area contributed by atoms with Gasteiger partial charge in [-0.15, -0.1) is 0 Å². The van der Waals surface area contributed by atoms with Crippen LogP contribution < -0.4 is 19.8 Å². The number of fused-ring (bicyclic) bond motifs is 1. The molecule has 0 radical (unpaired) electrons. The Morgan fingerprint density at radius 3 is 2.33 bits per heavy atom. The fraction of sp³-hybridized carbons (Fsp3) is 0.655. The molecule has 1 aromatic carbocycles. The molecule has 13 heteroatoms. The van der Waals surface area contributed by atoms with E-state index in [0.29, 0.717) is 22.6 Å². The molecular formula is C29H46N2O9SSi. The molecule has 0 saturated heterocycles. The molecular weight excluding hydrogens is 580 g/mol. The van der Waals surface area contributed by atoms with Gasteiger partial charge in [-0.3, -0.25) is 4.79 Å². The summed E-state index contributed by atoms with van der Waals surface area (Å²) in [6, 6.07) is -0.582. The number of carbonyl (C=O) groups is 4. The topological polar surface area (TPSA) is 138 Å². The van der Waals surface area contributed by atoms with Gasteiger partial charge in [0, 0.05) is 28.7 Å². The van der Waals surface area contributed by atoms with E-state index >= 15 is 0 Å². The number of nitrogens with one attached hydrogen (secondary N) is 2. The van der Waals surface area contributed by atoms with E-state index in [1.807, 2.05) is 0 Å². The molecule has 236 valence electrons. The Labute approximate surface area is 254 Å². The van der Waals surface area contributed by atoms with Gasteiger partial charge in [0.25, 0.3) is 0 Å². The normalized spacial score (nSPS) is 18.7. The molecule has 1 aromatic rings. The van der Waals surface area contributed by atoms with Gasteiger partial charge in [-0.1, -0.05) is 20.8 Å². The zero-order valence-corrected chi connectivity index (χ0v) is 28.5. The summed E-state index contributed by atoms with van der Waals surface area (Å²) in [5, 5.41) is 4.97. The molecule has 0 aliphatic carbocycles. The van der Waals surface area contributed by atoms with Gasteiger partial charge >= 0.3 is 18.0 Å². The average Bonchev–Trinajstić information content (AvgIpc) is 2.84. The summed E-state index contributed by atoms with van der Waals surface area (Å²) in [5.74, 6) is -0.672. The molecule has 2 amide bonds. The number of benzene rings is 1. The standard InChI is InChI=1S/C29H46N2O9SSi/c1-12-37-25(33)20-16-41-15-18-22(40-42(10,11)29(6,7)8)13-21(36-9)17(2)23(18)26(34)38-14-19(24(32)30-20)31-27(35)39-28(3,4)5/h13,19-20H,12,14-16H2,1-11H3,(H,30,32)(H,31,35)/t19-,20-/m0/s1. The molecule has 0 fully saturated rings. The fourth-order valence-electron chi connectivity index (χ4n) is 3.76. The summed E-state index contributed by atoms with van der Waals surface area (Å²) in [4.78, 5) is 52.3. The third-order valence-corrected chi connectivity index (χ3v) is 12.4. The number of cyclic esters (lactones) is 1. The van der Waals surface area contributed by atoms with Crippen molar-refractivity contribution in [1.82, 2.24) is 10.6 Å². The molecule has 1 aliphatic rings. The lowest BCUT2D eigenvalue weighted by molar-refractivity contribution is -0.147. The maximum Gasteiger partial charge on any atom is 0.408 e. The molecule has 0 saturated carbocycles. The molecule has 2 rings (SSSR count). The van der Waals surface area contributed by atoms with E-state index < -0.39 is 56.5 Å². The van der Waals surface area contributed by atoms with Crippen molar-refractivity contribution in [2.45, 2.75) is 97.0 Å². The Morgan fingerprint density at radius 2 is 1.79 bits per heavy atom. The van der Waals surface area contributed by atoms with Crippen LogP contribution in [0.4, 0.5) is 4.79 Å². The average molecular weight is 627 g/mol. The molecule has 1 aliphatic heterocycles. The van der Waals surface area contributed by atoms with Crippen LogP contribution in [-0.4, -0.2) is 76.0 Å². The van der Waals surface area contributed by atoms with E-state index in [-0.39, 0.29) is 28.7 Å². The van der Waals surface area contributed by atoms with Crippen molar-refractivity contribution in [3.63, 3.8) is 0 Å². The summed E-state index contributed by atoms with van der Waals surface area (Å²) >= 11 is 1.33. The second kappa shape index (κ2) is 14.0.